The van der Waals surface area contributed by atoms with Crippen molar-refractivity contribution in [3.63, 3.8) is 0 Å². The van der Waals surface area contributed by atoms with E-state index in [0.29, 0.717) is 12.0 Å². The van der Waals surface area contributed by atoms with Crippen LogP contribution in [0, 0.1) is 11.3 Å². The number of rotatable bonds is 6. The summed E-state index contributed by atoms with van der Waals surface area (Å²) in [6.07, 6.45) is 8.04. The van der Waals surface area contributed by atoms with Crippen LogP contribution in [0.2, 0.25) is 0 Å². The Kier molecular flexibility index (Phi) is 6.01. The van der Waals surface area contributed by atoms with Crippen LogP contribution >= 0.6 is 11.8 Å². The number of nitrogens with zero attached hydrogens (tertiary/aromatic N) is 1. The van der Waals surface area contributed by atoms with E-state index in [9.17, 15) is 4.79 Å². The lowest BCUT2D eigenvalue weighted by molar-refractivity contribution is -0.120. The highest BCUT2D eigenvalue weighted by molar-refractivity contribution is 7.98. The molecule has 3 atom stereocenters. The molecule has 0 aromatic heterocycles. The summed E-state index contributed by atoms with van der Waals surface area (Å²) in [6, 6.07) is 0.555. The van der Waals surface area contributed by atoms with E-state index in [-0.39, 0.29) is 5.41 Å². The molecule has 0 aliphatic heterocycles. The van der Waals surface area contributed by atoms with Crippen molar-refractivity contribution in [2.24, 2.45) is 11.3 Å². The number of hydrogen-bond donors (Lipinski definition) is 0. The molecule has 1 aliphatic rings. The normalized spacial score (nSPS) is 31.5. The number of hydrogen-bond acceptors (Lipinski definition) is 3. The highest BCUT2D eigenvalue weighted by atomic mass is 32.2. The monoisotopic (exact) mass is 257 g/mol. The highest BCUT2D eigenvalue weighted by Gasteiger charge is 2.36. The minimum Gasteiger partial charge on any atom is -0.303 e. The Bertz CT molecular complexity index is 246. The lowest BCUT2D eigenvalue weighted by Gasteiger charge is -2.40. The van der Waals surface area contributed by atoms with Crippen LogP contribution in [-0.2, 0) is 4.79 Å². The molecule has 0 spiro atoms. The van der Waals surface area contributed by atoms with Gasteiger partial charge in [0.2, 0.25) is 0 Å². The van der Waals surface area contributed by atoms with Crippen LogP contribution in [0.5, 0.6) is 0 Å². The third-order valence-corrected chi connectivity index (χ3v) is 4.92. The van der Waals surface area contributed by atoms with Crippen molar-refractivity contribution in [2.45, 2.75) is 45.6 Å². The van der Waals surface area contributed by atoms with Gasteiger partial charge >= 0.3 is 0 Å². The maximum Gasteiger partial charge on any atom is 0.127 e. The molecular formula is C14H27NOS. The van der Waals surface area contributed by atoms with Crippen molar-refractivity contribution >= 4 is 18.0 Å². The second-order valence-corrected chi connectivity index (χ2v) is 6.81. The zero-order chi connectivity index (χ0) is 12.9. The van der Waals surface area contributed by atoms with E-state index in [1.165, 1.54) is 19.1 Å². The van der Waals surface area contributed by atoms with E-state index in [4.69, 9.17) is 0 Å². The molecule has 100 valence electrons. The molecule has 3 heteroatoms. The topological polar surface area (TPSA) is 20.3 Å². The predicted molar refractivity (Wildman–Crippen MR) is 76.6 cm³/mol. The van der Waals surface area contributed by atoms with Crippen LogP contribution in [-0.4, -0.2) is 42.8 Å². The Morgan fingerprint density at radius 1 is 1.59 bits per heavy atom. The molecule has 0 radical (unpaired) electrons. The fourth-order valence-electron chi connectivity index (χ4n) is 3.01. The van der Waals surface area contributed by atoms with Gasteiger partial charge in [-0.05, 0) is 39.0 Å². The summed E-state index contributed by atoms with van der Waals surface area (Å²) in [7, 11) is 2.16. The summed E-state index contributed by atoms with van der Waals surface area (Å²) >= 11 is 1.88. The van der Waals surface area contributed by atoms with Gasteiger partial charge in [-0.25, -0.2) is 0 Å². The Morgan fingerprint density at radius 2 is 2.29 bits per heavy atom. The van der Waals surface area contributed by atoms with E-state index in [1.54, 1.807) is 0 Å². The molecule has 1 aliphatic carbocycles. The first kappa shape index (κ1) is 15.0. The zero-order valence-corrected chi connectivity index (χ0v) is 12.6. The van der Waals surface area contributed by atoms with Gasteiger partial charge in [-0.1, -0.05) is 19.8 Å². The standard InChI is InChI=1S/C14H27NOS/c1-12-6-5-7-14(8-12,11-16)10-15(3)13(2)9-17-4/h11-13H,5-10H2,1-4H3. The van der Waals surface area contributed by atoms with E-state index in [2.05, 4.69) is 32.1 Å². The lowest BCUT2D eigenvalue weighted by Crippen LogP contribution is -2.44. The van der Waals surface area contributed by atoms with Crippen molar-refractivity contribution < 1.29 is 4.79 Å². The summed E-state index contributed by atoms with van der Waals surface area (Å²) in [5, 5.41) is 0. The van der Waals surface area contributed by atoms with Gasteiger partial charge in [0.1, 0.15) is 6.29 Å². The van der Waals surface area contributed by atoms with Crippen molar-refractivity contribution in [2.75, 3.05) is 25.6 Å². The smallest absolute Gasteiger partial charge is 0.127 e. The number of carbonyl (C=O) groups is 1. The van der Waals surface area contributed by atoms with E-state index in [0.717, 1.165) is 25.1 Å². The molecule has 1 fully saturated rings. The Balaban J connectivity index is 2.58. The van der Waals surface area contributed by atoms with Gasteiger partial charge in [-0.2, -0.15) is 11.8 Å². The Morgan fingerprint density at radius 3 is 2.82 bits per heavy atom. The maximum atomic E-state index is 11.5. The summed E-state index contributed by atoms with van der Waals surface area (Å²) in [6.45, 7) is 5.46. The summed E-state index contributed by atoms with van der Waals surface area (Å²) < 4.78 is 0. The first-order valence-corrected chi connectivity index (χ1v) is 8.08. The second kappa shape index (κ2) is 6.79. The molecule has 1 rings (SSSR count). The Hall–Kier alpha value is -0.0200. The van der Waals surface area contributed by atoms with Crippen LogP contribution < -0.4 is 0 Å². The molecule has 0 heterocycles. The van der Waals surface area contributed by atoms with Gasteiger partial charge in [0.05, 0.1) is 0 Å². The van der Waals surface area contributed by atoms with Crippen molar-refractivity contribution in [1.82, 2.24) is 4.90 Å². The molecule has 0 aromatic carbocycles. The van der Waals surface area contributed by atoms with Gasteiger partial charge in [0, 0.05) is 23.8 Å². The number of aldehydes is 1. The van der Waals surface area contributed by atoms with Crippen LogP contribution in [0.4, 0.5) is 0 Å². The molecule has 0 bridgehead atoms. The van der Waals surface area contributed by atoms with Gasteiger partial charge in [0.15, 0.2) is 0 Å². The molecule has 0 aromatic rings. The number of thioether (sulfide) groups is 1. The third kappa shape index (κ3) is 4.29. The van der Waals surface area contributed by atoms with Crippen LogP contribution in [0.3, 0.4) is 0 Å². The quantitative estimate of drug-likeness (QED) is 0.682. The first-order chi connectivity index (χ1) is 8.03. The third-order valence-electron chi connectivity index (χ3n) is 4.10. The van der Waals surface area contributed by atoms with Gasteiger partial charge < -0.3 is 9.69 Å². The van der Waals surface area contributed by atoms with E-state index < -0.39 is 0 Å². The van der Waals surface area contributed by atoms with Crippen molar-refractivity contribution in [1.29, 1.82) is 0 Å². The van der Waals surface area contributed by atoms with Gasteiger partial charge in [0.25, 0.3) is 0 Å². The molecule has 1 saturated carbocycles. The molecular weight excluding hydrogens is 230 g/mol. The largest absolute Gasteiger partial charge is 0.303 e. The van der Waals surface area contributed by atoms with Crippen LogP contribution in [0.25, 0.3) is 0 Å². The maximum absolute atomic E-state index is 11.5. The van der Waals surface area contributed by atoms with Crippen LogP contribution in [0.1, 0.15) is 39.5 Å². The lowest BCUT2D eigenvalue weighted by atomic mass is 9.70. The zero-order valence-electron chi connectivity index (χ0n) is 11.7. The minimum absolute atomic E-state index is 0.0704. The summed E-state index contributed by atoms with van der Waals surface area (Å²) in [5.41, 5.74) is -0.0704. The molecule has 17 heavy (non-hydrogen) atoms. The highest BCUT2D eigenvalue weighted by Crippen LogP contribution is 2.38. The Labute approximate surface area is 111 Å². The second-order valence-electron chi connectivity index (χ2n) is 5.90. The van der Waals surface area contributed by atoms with E-state index in [1.807, 2.05) is 11.8 Å². The molecule has 0 amide bonds. The van der Waals surface area contributed by atoms with Gasteiger partial charge in [-0.15, -0.1) is 0 Å². The van der Waals surface area contributed by atoms with E-state index >= 15 is 0 Å². The average Bonchev–Trinajstić information content (AvgIpc) is 2.29. The van der Waals surface area contributed by atoms with Crippen molar-refractivity contribution in [3.8, 4) is 0 Å². The van der Waals surface area contributed by atoms with Crippen LogP contribution in [0.15, 0.2) is 0 Å². The molecule has 0 N–H and O–H groups in total. The molecule has 3 unspecified atom stereocenters. The summed E-state index contributed by atoms with van der Waals surface area (Å²) in [4.78, 5) is 13.9. The number of carbonyl (C=O) groups excluding carboxylic acids is 1. The molecule has 2 nitrogen and oxygen atoms in total. The average molecular weight is 257 g/mol. The fraction of sp³-hybridized carbons (Fsp3) is 0.929. The first-order valence-electron chi connectivity index (χ1n) is 6.68. The minimum atomic E-state index is -0.0704. The van der Waals surface area contributed by atoms with Gasteiger partial charge in [-0.3, -0.25) is 0 Å². The fourth-order valence-corrected chi connectivity index (χ4v) is 3.75. The summed E-state index contributed by atoms with van der Waals surface area (Å²) in [5.74, 6) is 1.85. The van der Waals surface area contributed by atoms with Crippen molar-refractivity contribution in [3.05, 3.63) is 0 Å². The molecule has 0 saturated heterocycles. The predicted octanol–water partition coefficient (Wildman–Crippen LogP) is 3.07. The SMILES string of the molecule is CSCC(C)N(C)CC1(C=O)CCCC(C)C1.